The van der Waals surface area contributed by atoms with Crippen LogP contribution in [0, 0.1) is 6.92 Å². The van der Waals surface area contributed by atoms with Crippen molar-refractivity contribution >= 4 is 16.9 Å². The van der Waals surface area contributed by atoms with Gasteiger partial charge < -0.3 is 5.32 Å². The molecule has 0 radical (unpaired) electrons. The zero-order chi connectivity index (χ0) is 14.3. The summed E-state index contributed by atoms with van der Waals surface area (Å²) in [5.74, 6) is 0.987. The molecule has 0 bridgehead atoms. The van der Waals surface area contributed by atoms with E-state index in [1.807, 2.05) is 7.05 Å². The molecule has 0 fully saturated rings. The normalized spacial score (nSPS) is 10.9. The molecule has 0 unspecified atom stereocenters. The van der Waals surface area contributed by atoms with Gasteiger partial charge in [-0.2, -0.15) is 10.2 Å². The molecule has 3 aromatic rings. The van der Waals surface area contributed by atoms with Crippen LogP contribution in [0.2, 0.25) is 0 Å². The van der Waals surface area contributed by atoms with Crippen molar-refractivity contribution in [3.63, 3.8) is 0 Å². The highest BCUT2D eigenvalue weighted by molar-refractivity contribution is 5.92. The van der Waals surface area contributed by atoms with E-state index in [9.17, 15) is 4.79 Å². The lowest BCUT2D eigenvalue weighted by atomic mass is 10.4. The van der Waals surface area contributed by atoms with E-state index in [-0.39, 0.29) is 5.91 Å². The van der Waals surface area contributed by atoms with Gasteiger partial charge in [-0.15, -0.1) is 0 Å². The Bertz CT molecular complexity index is 801. The summed E-state index contributed by atoms with van der Waals surface area (Å²) in [5.41, 5.74) is 1.06. The molecule has 0 saturated carbocycles. The Hall–Kier alpha value is -2.77. The summed E-state index contributed by atoms with van der Waals surface area (Å²) in [5, 5.41) is 11.7. The third kappa shape index (κ3) is 1.81. The SMILES string of the molecule is CNC(=O)c1ccn(-c2nc(C)nc3c2cnn3C)n1. The smallest absolute Gasteiger partial charge is 0.271 e. The second-order valence-corrected chi connectivity index (χ2v) is 4.32. The number of carbonyl (C=O) groups excluding carboxylic acids is 1. The molecule has 0 aromatic carbocycles. The molecule has 0 saturated heterocycles. The highest BCUT2D eigenvalue weighted by Gasteiger charge is 2.14. The number of carbonyl (C=O) groups is 1. The first kappa shape index (κ1) is 12.3. The van der Waals surface area contributed by atoms with Gasteiger partial charge in [-0.05, 0) is 13.0 Å². The van der Waals surface area contributed by atoms with Gasteiger partial charge in [0.1, 0.15) is 5.82 Å². The molecule has 0 spiro atoms. The lowest BCUT2D eigenvalue weighted by Gasteiger charge is -2.03. The monoisotopic (exact) mass is 271 g/mol. The van der Waals surface area contributed by atoms with Crippen LogP contribution in [0.25, 0.3) is 16.9 Å². The zero-order valence-electron chi connectivity index (χ0n) is 11.3. The predicted molar refractivity (Wildman–Crippen MR) is 71.6 cm³/mol. The van der Waals surface area contributed by atoms with Crippen molar-refractivity contribution in [2.45, 2.75) is 6.92 Å². The number of fused-ring (bicyclic) bond motifs is 1. The molecule has 3 rings (SSSR count). The van der Waals surface area contributed by atoms with Crippen molar-refractivity contribution in [2.75, 3.05) is 7.05 Å². The maximum Gasteiger partial charge on any atom is 0.271 e. The molecule has 8 nitrogen and oxygen atoms in total. The number of nitrogens with one attached hydrogen (secondary N) is 1. The maximum atomic E-state index is 11.6. The Labute approximate surface area is 114 Å². The van der Waals surface area contributed by atoms with Gasteiger partial charge in [-0.25, -0.2) is 14.6 Å². The number of aryl methyl sites for hydroxylation is 2. The average molecular weight is 271 g/mol. The van der Waals surface area contributed by atoms with E-state index in [0.717, 1.165) is 11.0 Å². The Morgan fingerprint density at radius 1 is 1.35 bits per heavy atom. The van der Waals surface area contributed by atoms with Crippen LogP contribution < -0.4 is 5.32 Å². The number of hydrogen-bond acceptors (Lipinski definition) is 5. The van der Waals surface area contributed by atoms with Crippen molar-refractivity contribution in [2.24, 2.45) is 7.05 Å². The molecule has 8 heteroatoms. The minimum absolute atomic E-state index is 0.239. The number of rotatable bonds is 2. The van der Waals surface area contributed by atoms with Crippen LogP contribution in [-0.2, 0) is 7.05 Å². The van der Waals surface area contributed by atoms with E-state index in [2.05, 4.69) is 25.5 Å². The van der Waals surface area contributed by atoms with Gasteiger partial charge in [0.05, 0.1) is 11.6 Å². The van der Waals surface area contributed by atoms with Crippen LogP contribution in [0.4, 0.5) is 0 Å². The lowest BCUT2D eigenvalue weighted by Crippen LogP contribution is -2.18. The first-order valence-electron chi connectivity index (χ1n) is 6.04. The number of nitrogens with zero attached hydrogens (tertiary/aromatic N) is 6. The summed E-state index contributed by atoms with van der Waals surface area (Å²) >= 11 is 0. The topological polar surface area (TPSA) is 90.5 Å². The summed E-state index contributed by atoms with van der Waals surface area (Å²) < 4.78 is 3.24. The van der Waals surface area contributed by atoms with Crippen LogP contribution in [0.1, 0.15) is 16.3 Å². The predicted octanol–water partition coefficient (Wildman–Crippen LogP) is 0.217. The van der Waals surface area contributed by atoms with Gasteiger partial charge in [0.25, 0.3) is 5.91 Å². The minimum Gasteiger partial charge on any atom is -0.354 e. The highest BCUT2D eigenvalue weighted by Crippen LogP contribution is 2.18. The summed E-state index contributed by atoms with van der Waals surface area (Å²) in [6.07, 6.45) is 3.38. The quantitative estimate of drug-likeness (QED) is 0.720. The van der Waals surface area contributed by atoms with Crippen LogP contribution in [0.5, 0.6) is 0 Å². The number of aromatic nitrogens is 6. The summed E-state index contributed by atoms with van der Waals surface area (Å²) in [6.45, 7) is 1.80. The molecule has 0 aliphatic heterocycles. The van der Waals surface area contributed by atoms with Gasteiger partial charge >= 0.3 is 0 Å². The van der Waals surface area contributed by atoms with Gasteiger partial charge in [0, 0.05) is 20.3 Å². The first-order chi connectivity index (χ1) is 9.60. The fourth-order valence-electron chi connectivity index (χ4n) is 1.98. The van der Waals surface area contributed by atoms with E-state index < -0.39 is 0 Å². The third-order valence-corrected chi connectivity index (χ3v) is 2.95. The highest BCUT2D eigenvalue weighted by atomic mass is 16.1. The lowest BCUT2D eigenvalue weighted by molar-refractivity contribution is 0.0957. The van der Waals surface area contributed by atoms with E-state index in [1.54, 1.807) is 41.8 Å². The minimum atomic E-state index is -0.239. The van der Waals surface area contributed by atoms with Crippen molar-refractivity contribution in [3.05, 3.63) is 30.0 Å². The van der Waals surface area contributed by atoms with Crippen molar-refractivity contribution in [1.82, 2.24) is 34.8 Å². The number of hydrogen-bond donors (Lipinski definition) is 1. The largest absolute Gasteiger partial charge is 0.354 e. The molecule has 3 heterocycles. The maximum absolute atomic E-state index is 11.6. The summed E-state index contributed by atoms with van der Waals surface area (Å²) in [4.78, 5) is 20.3. The van der Waals surface area contributed by atoms with E-state index in [1.165, 1.54) is 0 Å². The average Bonchev–Trinajstić information content (AvgIpc) is 3.05. The molecule has 102 valence electrons. The van der Waals surface area contributed by atoms with Gasteiger partial charge in [-0.1, -0.05) is 0 Å². The molecule has 0 atom stereocenters. The van der Waals surface area contributed by atoms with E-state index >= 15 is 0 Å². The molecule has 20 heavy (non-hydrogen) atoms. The van der Waals surface area contributed by atoms with Crippen LogP contribution in [0.15, 0.2) is 18.5 Å². The first-order valence-corrected chi connectivity index (χ1v) is 6.04. The van der Waals surface area contributed by atoms with Crippen LogP contribution in [-0.4, -0.2) is 42.5 Å². The molecular formula is C12H13N7O. The molecule has 0 aliphatic carbocycles. The van der Waals surface area contributed by atoms with Gasteiger partial charge in [0.2, 0.25) is 0 Å². The molecule has 1 amide bonds. The molecule has 1 N–H and O–H groups in total. The second-order valence-electron chi connectivity index (χ2n) is 4.32. The zero-order valence-corrected chi connectivity index (χ0v) is 11.3. The van der Waals surface area contributed by atoms with Crippen molar-refractivity contribution < 1.29 is 4.79 Å². The van der Waals surface area contributed by atoms with Crippen molar-refractivity contribution in [1.29, 1.82) is 0 Å². The van der Waals surface area contributed by atoms with Crippen molar-refractivity contribution in [3.8, 4) is 5.82 Å². The van der Waals surface area contributed by atoms with Gasteiger partial charge in [-0.3, -0.25) is 9.48 Å². The fourth-order valence-corrected chi connectivity index (χ4v) is 1.98. The Kier molecular flexibility index (Phi) is 2.70. The van der Waals surface area contributed by atoms with E-state index in [0.29, 0.717) is 17.3 Å². The fraction of sp³-hybridized carbons (Fsp3) is 0.250. The molecule has 0 aliphatic rings. The van der Waals surface area contributed by atoms with Crippen LogP contribution in [0.3, 0.4) is 0 Å². The summed E-state index contributed by atoms with van der Waals surface area (Å²) in [7, 11) is 3.38. The van der Waals surface area contributed by atoms with Gasteiger partial charge in [0.15, 0.2) is 17.2 Å². The Morgan fingerprint density at radius 3 is 2.90 bits per heavy atom. The second kappa shape index (κ2) is 4.41. The Morgan fingerprint density at radius 2 is 2.15 bits per heavy atom. The summed E-state index contributed by atoms with van der Waals surface area (Å²) in [6, 6.07) is 1.64. The number of amides is 1. The van der Waals surface area contributed by atoms with Crippen LogP contribution >= 0.6 is 0 Å². The van der Waals surface area contributed by atoms with E-state index in [4.69, 9.17) is 0 Å². The standard InChI is InChI=1S/C12H13N7O/c1-7-15-10-8(6-14-18(10)3)11(16-7)19-5-4-9(17-19)12(20)13-2/h4-6H,1-3H3,(H,13,20). The molecular weight excluding hydrogens is 258 g/mol. The Balaban J connectivity index is 2.19. The molecule has 3 aromatic heterocycles. The third-order valence-electron chi connectivity index (χ3n) is 2.95.